The molecule has 4 aromatic rings. The van der Waals surface area contributed by atoms with Gasteiger partial charge in [0.1, 0.15) is 11.2 Å². The van der Waals surface area contributed by atoms with Crippen molar-refractivity contribution in [2.75, 3.05) is 16.9 Å². The monoisotopic (exact) mass is 496 g/mol. The molecule has 1 fully saturated rings. The van der Waals surface area contributed by atoms with Gasteiger partial charge in [0.05, 0.1) is 11.3 Å². The fourth-order valence-electron chi connectivity index (χ4n) is 5.87. The summed E-state index contributed by atoms with van der Waals surface area (Å²) < 4.78 is 1.19. The Morgan fingerprint density at radius 1 is 1.03 bits per heavy atom. The Hall–Kier alpha value is -3.78. The number of benzene rings is 2. The van der Waals surface area contributed by atoms with E-state index < -0.39 is 5.92 Å². The number of anilines is 1. The van der Waals surface area contributed by atoms with Gasteiger partial charge < -0.3 is 4.90 Å². The minimum Gasteiger partial charge on any atom is -0.312 e. The van der Waals surface area contributed by atoms with Gasteiger partial charge in [0.25, 0.3) is 5.56 Å². The maximum Gasteiger partial charge on any atom is 0.281 e. The Labute approximate surface area is 211 Å². The first-order valence-corrected chi connectivity index (χ1v) is 13.2. The molecular formula is C28H24N4O3S. The fraction of sp³-hybridized carbons (Fsp3) is 0.286. The van der Waals surface area contributed by atoms with Crippen LogP contribution in [0.25, 0.3) is 21.3 Å². The van der Waals surface area contributed by atoms with Crippen molar-refractivity contribution in [3.05, 3.63) is 80.7 Å². The molecule has 2 amide bonds. The van der Waals surface area contributed by atoms with Gasteiger partial charge in [-0.15, -0.1) is 11.3 Å². The van der Waals surface area contributed by atoms with E-state index >= 15 is 0 Å². The lowest BCUT2D eigenvalue weighted by Gasteiger charge is -2.18. The van der Waals surface area contributed by atoms with Crippen molar-refractivity contribution in [1.29, 1.82) is 0 Å². The number of carbonyl (C=O) groups excluding carboxylic acids is 2. The second-order valence-electron chi connectivity index (χ2n) is 9.87. The van der Waals surface area contributed by atoms with Crippen molar-refractivity contribution in [3.8, 4) is 11.1 Å². The molecule has 7 nitrogen and oxygen atoms in total. The van der Waals surface area contributed by atoms with Crippen LogP contribution in [0.15, 0.2) is 53.6 Å². The number of hydrogen-bond donors (Lipinski definition) is 1. The van der Waals surface area contributed by atoms with E-state index in [1.54, 1.807) is 16.2 Å². The Bertz CT molecular complexity index is 1640. The van der Waals surface area contributed by atoms with Crippen molar-refractivity contribution in [2.45, 2.75) is 38.5 Å². The highest BCUT2D eigenvalue weighted by molar-refractivity contribution is 7.18. The van der Waals surface area contributed by atoms with Crippen LogP contribution < -0.4 is 15.9 Å². The van der Waals surface area contributed by atoms with Gasteiger partial charge in [0.15, 0.2) is 0 Å². The summed E-state index contributed by atoms with van der Waals surface area (Å²) in [5, 5.41) is 0.626. The zero-order valence-corrected chi connectivity index (χ0v) is 20.4. The molecular weight excluding hydrogens is 472 g/mol. The third kappa shape index (κ3) is 3.32. The van der Waals surface area contributed by atoms with Gasteiger partial charge >= 0.3 is 0 Å². The Kier molecular flexibility index (Phi) is 4.86. The van der Waals surface area contributed by atoms with E-state index in [0.717, 1.165) is 48.2 Å². The lowest BCUT2D eigenvalue weighted by molar-refractivity contribution is -0.123. The molecule has 3 aliphatic rings. The molecule has 1 aliphatic heterocycles. The summed E-state index contributed by atoms with van der Waals surface area (Å²) in [5.41, 5.74) is 9.30. The van der Waals surface area contributed by atoms with Crippen LogP contribution in [0.1, 0.15) is 40.8 Å². The molecule has 2 aromatic carbocycles. The van der Waals surface area contributed by atoms with E-state index in [2.05, 4.69) is 34.7 Å². The van der Waals surface area contributed by atoms with Gasteiger partial charge in [0, 0.05) is 23.5 Å². The zero-order valence-electron chi connectivity index (χ0n) is 19.6. The highest BCUT2D eigenvalue weighted by Gasteiger charge is 2.36. The zero-order chi connectivity index (χ0) is 24.4. The van der Waals surface area contributed by atoms with Crippen molar-refractivity contribution in [2.24, 2.45) is 5.92 Å². The van der Waals surface area contributed by atoms with Crippen LogP contribution in [-0.4, -0.2) is 28.0 Å². The van der Waals surface area contributed by atoms with Gasteiger partial charge in [-0.3, -0.25) is 19.8 Å². The molecule has 180 valence electrons. The Morgan fingerprint density at radius 2 is 1.86 bits per heavy atom. The molecule has 0 saturated carbocycles. The molecule has 3 heterocycles. The molecule has 2 aliphatic carbocycles. The minimum absolute atomic E-state index is 0.0848. The maximum absolute atomic E-state index is 13.2. The lowest BCUT2D eigenvalue weighted by Crippen LogP contribution is -2.37. The molecule has 1 N–H and O–H groups in total. The lowest BCUT2D eigenvalue weighted by atomic mass is 9.97. The first kappa shape index (κ1) is 21.5. The van der Waals surface area contributed by atoms with E-state index in [-0.39, 0.29) is 30.3 Å². The summed E-state index contributed by atoms with van der Waals surface area (Å²) in [6.07, 6.45) is 6.40. The predicted molar refractivity (Wildman–Crippen MR) is 140 cm³/mol. The molecule has 1 atom stereocenters. The van der Waals surface area contributed by atoms with E-state index in [1.165, 1.54) is 38.1 Å². The van der Waals surface area contributed by atoms with Crippen LogP contribution in [0.5, 0.6) is 0 Å². The second kappa shape index (κ2) is 8.13. The van der Waals surface area contributed by atoms with Crippen LogP contribution in [-0.2, 0) is 28.9 Å². The molecule has 0 spiro atoms. The number of hydrogen-bond acceptors (Lipinski definition) is 5. The van der Waals surface area contributed by atoms with Crippen LogP contribution >= 0.6 is 11.3 Å². The minimum atomic E-state index is -0.540. The van der Waals surface area contributed by atoms with Crippen molar-refractivity contribution < 1.29 is 9.59 Å². The SMILES string of the molecule is O=C(Nn1cnc2sc3c(c2c1=O)CCCC3)C1CC(=O)N(c2ccc3c(c2)Cc2ccccc2-3)C1. The van der Waals surface area contributed by atoms with Crippen molar-refractivity contribution in [3.63, 3.8) is 0 Å². The van der Waals surface area contributed by atoms with Gasteiger partial charge in [-0.05, 0) is 72.1 Å². The normalized spacial score (nSPS) is 18.3. The van der Waals surface area contributed by atoms with E-state index in [0.29, 0.717) is 5.39 Å². The number of fused-ring (bicyclic) bond motifs is 6. The summed E-state index contributed by atoms with van der Waals surface area (Å²) >= 11 is 1.58. The van der Waals surface area contributed by atoms with Gasteiger partial charge in [-0.2, -0.15) is 0 Å². The summed E-state index contributed by atoms with van der Waals surface area (Å²) in [7, 11) is 0. The maximum atomic E-state index is 13.2. The summed E-state index contributed by atoms with van der Waals surface area (Å²) in [4.78, 5) is 47.3. The van der Waals surface area contributed by atoms with Crippen LogP contribution in [0.3, 0.4) is 0 Å². The molecule has 2 aromatic heterocycles. The standard InChI is InChI=1S/C28H24N4O3S/c33-24-13-18(14-31(24)19-9-10-21-17(12-19)11-16-5-1-2-6-20(16)21)26(34)30-32-15-29-27-25(28(32)35)22-7-3-4-8-23(22)36-27/h1-2,5-6,9-10,12,15,18H,3-4,7-8,11,13-14H2,(H,30,34). The third-order valence-electron chi connectivity index (χ3n) is 7.69. The summed E-state index contributed by atoms with van der Waals surface area (Å²) in [6, 6.07) is 14.4. The first-order chi connectivity index (χ1) is 17.6. The van der Waals surface area contributed by atoms with E-state index in [4.69, 9.17) is 0 Å². The molecule has 36 heavy (non-hydrogen) atoms. The number of rotatable bonds is 3. The molecule has 0 radical (unpaired) electrons. The molecule has 0 bridgehead atoms. The summed E-state index contributed by atoms with van der Waals surface area (Å²) in [5.74, 6) is -0.966. The molecule has 8 heteroatoms. The largest absolute Gasteiger partial charge is 0.312 e. The average molecular weight is 497 g/mol. The third-order valence-corrected chi connectivity index (χ3v) is 8.89. The number of amides is 2. The Balaban J connectivity index is 1.11. The Morgan fingerprint density at radius 3 is 2.78 bits per heavy atom. The van der Waals surface area contributed by atoms with Crippen molar-refractivity contribution >= 4 is 39.1 Å². The van der Waals surface area contributed by atoms with Crippen LogP contribution in [0.2, 0.25) is 0 Å². The van der Waals surface area contributed by atoms with Crippen LogP contribution in [0, 0.1) is 5.92 Å². The highest BCUT2D eigenvalue weighted by atomic mass is 32.1. The number of thiophene rings is 1. The second-order valence-corrected chi connectivity index (χ2v) is 11.0. The van der Waals surface area contributed by atoms with Gasteiger partial charge in [-0.25, -0.2) is 9.66 Å². The fourth-order valence-corrected chi connectivity index (χ4v) is 7.09. The molecule has 1 saturated heterocycles. The van der Waals surface area contributed by atoms with E-state index in [9.17, 15) is 14.4 Å². The number of nitrogens with zero attached hydrogens (tertiary/aromatic N) is 3. The summed E-state index contributed by atoms with van der Waals surface area (Å²) in [6.45, 7) is 0.286. The number of aromatic nitrogens is 2. The van der Waals surface area contributed by atoms with Crippen LogP contribution in [0.4, 0.5) is 5.69 Å². The smallest absolute Gasteiger partial charge is 0.281 e. The molecule has 7 rings (SSSR count). The number of aryl methyl sites for hydroxylation is 2. The molecule has 1 unspecified atom stereocenters. The topological polar surface area (TPSA) is 84.3 Å². The first-order valence-electron chi connectivity index (χ1n) is 12.4. The van der Waals surface area contributed by atoms with Crippen molar-refractivity contribution in [1.82, 2.24) is 9.66 Å². The number of carbonyl (C=O) groups is 2. The van der Waals surface area contributed by atoms with Gasteiger partial charge in [0.2, 0.25) is 11.8 Å². The quantitative estimate of drug-likeness (QED) is 0.409. The predicted octanol–water partition coefficient (Wildman–Crippen LogP) is 4.03. The van der Waals surface area contributed by atoms with Gasteiger partial charge in [-0.1, -0.05) is 30.3 Å². The highest BCUT2D eigenvalue weighted by Crippen LogP contribution is 2.39. The number of nitrogens with one attached hydrogen (secondary N) is 1. The van der Waals surface area contributed by atoms with E-state index in [1.807, 2.05) is 18.2 Å². The average Bonchev–Trinajstić information content (AvgIpc) is 3.58.